The van der Waals surface area contributed by atoms with Crippen LogP contribution in [-0.4, -0.2) is 13.8 Å². The Morgan fingerprint density at radius 2 is 1.70 bits per heavy atom. The fourth-order valence-electron chi connectivity index (χ4n) is 0.481. The first kappa shape index (κ1) is 9.48. The third-order valence-corrected chi connectivity index (χ3v) is 0.772. The van der Waals surface area contributed by atoms with Crippen LogP contribution in [0.5, 0.6) is 0 Å². The summed E-state index contributed by atoms with van der Waals surface area (Å²) in [4.78, 5) is 0. The Morgan fingerprint density at radius 1 is 1.20 bits per heavy atom. The maximum Gasteiger partial charge on any atom is 0.673 e. The first-order chi connectivity index (χ1) is 4.50. The molecule has 0 spiro atoms. The fourth-order valence-corrected chi connectivity index (χ4v) is 0.481. The van der Waals surface area contributed by atoms with Crippen molar-refractivity contribution in [1.29, 1.82) is 0 Å². The highest BCUT2D eigenvalue weighted by Crippen LogP contribution is 2.06. The highest BCUT2D eigenvalue weighted by molar-refractivity contribution is 6.50. The van der Waals surface area contributed by atoms with Gasteiger partial charge in [0.2, 0.25) is 0 Å². The Hall–Kier alpha value is -0.515. The minimum absolute atomic E-state index is 1.26. The van der Waals surface area contributed by atoms with Gasteiger partial charge in [0.15, 0.2) is 0 Å². The summed E-state index contributed by atoms with van der Waals surface area (Å²) in [6.07, 6.45) is 5.56. The number of nitrogens with two attached hydrogens (primary N) is 1. The lowest BCUT2D eigenvalue weighted by Gasteiger charge is -1.94. The van der Waals surface area contributed by atoms with Crippen LogP contribution >= 0.6 is 0 Å². The minimum atomic E-state index is -6.00. The normalized spacial score (nSPS) is 16.4. The molecule has 6 heteroatoms. The van der Waals surface area contributed by atoms with Gasteiger partial charge >= 0.3 is 7.25 Å². The Labute approximate surface area is 56.2 Å². The second-order valence-electron chi connectivity index (χ2n) is 1.74. The monoisotopic (exact) mass is 157 g/mol. The molecule has 10 heavy (non-hydrogen) atoms. The van der Waals surface area contributed by atoms with Crippen LogP contribution in [-0.2, 0) is 0 Å². The van der Waals surface area contributed by atoms with E-state index in [1.54, 1.807) is 0 Å². The highest BCUT2D eigenvalue weighted by atomic mass is 19.5. The third-order valence-electron chi connectivity index (χ3n) is 0.772. The Kier molecular flexibility index (Phi) is 4.10. The zero-order valence-corrected chi connectivity index (χ0v) is 5.24. The molecule has 60 valence electrons. The van der Waals surface area contributed by atoms with E-state index >= 15 is 0 Å². The van der Waals surface area contributed by atoms with Crippen LogP contribution in [0.1, 0.15) is 6.42 Å². The molecule has 0 aromatic carbocycles. The van der Waals surface area contributed by atoms with Gasteiger partial charge in [-0.15, -0.1) is 0 Å². The fraction of sp³-hybridized carbons (Fsp3) is 0.500. The van der Waals surface area contributed by atoms with Crippen molar-refractivity contribution >= 4 is 7.25 Å². The van der Waals surface area contributed by atoms with Crippen LogP contribution in [0.2, 0.25) is 0 Å². The van der Waals surface area contributed by atoms with Crippen LogP contribution in [0.25, 0.3) is 0 Å². The van der Waals surface area contributed by atoms with E-state index in [0.717, 1.165) is 0 Å². The summed E-state index contributed by atoms with van der Waals surface area (Å²) < 4.78 is 39.0. The van der Waals surface area contributed by atoms with Gasteiger partial charge in [-0.05, 0) is 6.08 Å². The first-order valence-corrected chi connectivity index (χ1v) is 2.86. The van der Waals surface area contributed by atoms with Crippen molar-refractivity contribution in [3.63, 3.8) is 0 Å². The SMILES string of the molecule is C1=C[NH2+]CC1.F[B-](F)(F)F. The Balaban J connectivity index is 0.000000162. The van der Waals surface area contributed by atoms with Crippen LogP contribution in [0.15, 0.2) is 12.3 Å². The second kappa shape index (κ2) is 4.32. The van der Waals surface area contributed by atoms with Crippen molar-refractivity contribution in [2.75, 3.05) is 6.54 Å². The molecule has 0 bridgehead atoms. The molecule has 0 radical (unpaired) electrons. The van der Waals surface area contributed by atoms with E-state index in [9.17, 15) is 17.3 Å². The first-order valence-electron chi connectivity index (χ1n) is 2.86. The molecule has 0 unspecified atom stereocenters. The number of rotatable bonds is 0. The quantitative estimate of drug-likeness (QED) is 0.395. The number of hydrogen-bond donors (Lipinski definition) is 1. The van der Waals surface area contributed by atoms with Crippen molar-refractivity contribution in [3.05, 3.63) is 12.3 Å². The average Bonchev–Trinajstić information content (AvgIpc) is 2.07. The summed E-state index contributed by atoms with van der Waals surface area (Å²) in [7, 11) is -6.00. The zero-order chi connectivity index (χ0) is 8.04. The average molecular weight is 157 g/mol. The maximum atomic E-state index is 9.75. The topological polar surface area (TPSA) is 16.6 Å². The molecule has 0 amide bonds. The molecule has 0 aromatic heterocycles. The number of hydrogen-bond acceptors (Lipinski definition) is 0. The van der Waals surface area contributed by atoms with Crippen molar-refractivity contribution in [3.8, 4) is 0 Å². The van der Waals surface area contributed by atoms with Crippen molar-refractivity contribution in [2.45, 2.75) is 6.42 Å². The molecule has 1 heterocycles. The predicted molar refractivity (Wildman–Crippen MR) is 30.7 cm³/mol. The second-order valence-corrected chi connectivity index (χ2v) is 1.74. The van der Waals surface area contributed by atoms with Gasteiger partial charge in [0.1, 0.15) is 0 Å². The van der Waals surface area contributed by atoms with E-state index in [4.69, 9.17) is 0 Å². The van der Waals surface area contributed by atoms with Gasteiger partial charge in [-0.3, -0.25) is 0 Å². The van der Waals surface area contributed by atoms with Gasteiger partial charge in [0.25, 0.3) is 0 Å². The number of quaternary nitrogens is 1. The summed E-state index contributed by atoms with van der Waals surface area (Å²) in [5, 5.41) is 2.18. The van der Waals surface area contributed by atoms with Crippen molar-refractivity contribution in [2.24, 2.45) is 0 Å². The largest absolute Gasteiger partial charge is 0.673 e. The summed E-state index contributed by atoms with van der Waals surface area (Å²) in [5.41, 5.74) is 0. The molecule has 0 saturated heterocycles. The molecule has 0 fully saturated rings. The molecule has 0 aromatic rings. The van der Waals surface area contributed by atoms with E-state index in [2.05, 4.69) is 17.6 Å². The molecule has 0 saturated carbocycles. The molecule has 0 atom stereocenters. The van der Waals surface area contributed by atoms with Crippen LogP contribution in [0, 0.1) is 0 Å². The highest BCUT2D eigenvalue weighted by Gasteiger charge is 2.20. The lowest BCUT2D eigenvalue weighted by Crippen LogP contribution is -2.75. The molecule has 1 rings (SSSR count). The Bertz CT molecular complexity index is 98.3. The summed E-state index contributed by atoms with van der Waals surface area (Å²) in [6.45, 7) is 1.26. The van der Waals surface area contributed by atoms with Crippen molar-refractivity contribution < 1.29 is 22.6 Å². The summed E-state index contributed by atoms with van der Waals surface area (Å²) >= 11 is 0. The van der Waals surface area contributed by atoms with Gasteiger partial charge in [0, 0.05) is 6.42 Å². The van der Waals surface area contributed by atoms with Crippen LogP contribution in [0.4, 0.5) is 17.3 Å². The van der Waals surface area contributed by atoms with Gasteiger partial charge in [0.05, 0.1) is 12.7 Å². The van der Waals surface area contributed by atoms with E-state index in [-0.39, 0.29) is 0 Å². The van der Waals surface area contributed by atoms with Gasteiger partial charge < -0.3 is 22.6 Å². The predicted octanol–water partition coefficient (Wildman–Crippen LogP) is 0.767. The molecular formula is C4H8BF4N. The third kappa shape index (κ3) is 15.6. The number of halogens is 4. The van der Waals surface area contributed by atoms with E-state index in [1.165, 1.54) is 13.0 Å². The van der Waals surface area contributed by atoms with Gasteiger partial charge in [-0.25, -0.2) is 0 Å². The minimum Gasteiger partial charge on any atom is -0.418 e. The van der Waals surface area contributed by atoms with E-state index in [0.29, 0.717) is 0 Å². The van der Waals surface area contributed by atoms with E-state index < -0.39 is 7.25 Å². The molecule has 1 aliphatic heterocycles. The summed E-state index contributed by atoms with van der Waals surface area (Å²) in [6, 6.07) is 0. The van der Waals surface area contributed by atoms with Crippen molar-refractivity contribution in [1.82, 2.24) is 0 Å². The van der Waals surface area contributed by atoms with Crippen LogP contribution < -0.4 is 5.32 Å². The zero-order valence-electron chi connectivity index (χ0n) is 5.24. The smallest absolute Gasteiger partial charge is 0.418 e. The lowest BCUT2D eigenvalue weighted by molar-refractivity contribution is -0.578. The molecule has 1 aliphatic rings. The molecule has 0 aliphatic carbocycles. The maximum absolute atomic E-state index is 9.75. The molecule has 2 N–H and O–H groups in total. The Morgan fingerprint density at radius 3 is 1.80 bits per heavy atom. The summed E-state index contributed by atoms with van der Waals surface area (Å²) in [5.74, 6) is 0. The molecular weight excluding hydrogens is 149 g/mol. The van der Waals surface area contributed by atoms with Gasteiger partial charge in [-0.1, -0.05) is 0 Å². The van der Waals surface area contributed by atoms with Crippen LogP contribution in [0.3, 0.4) is 0 Å². The standard InChI is InChI=1S/C4H7N.BF4/c1-2-4-5-3-1;2-1(3,4)5/h1,3,5H,2,4H2;/q;-1/p+1. The lowest BCUT2D eigenvalue weighted by atomic mass is 10.3. The molecule has 1 nitrogen and oxygen atoms in total. The van der Waals surface area contributed by atoms with E-state index in [1.807, 2.05) is 0 Å². The van der Waals surface area contributed by atoms with Gasteiger partial charge in [-0.2, -0.15) is 0 Å².